The minimum atomic E-state index is -0.959. The Hall–Kier alpha value is -2.63. The Morgan fingerprint density at radius 2 is 1.76 bits per heavy atom. The first-order valence-corrected chi connectivity index (χ1v) is 6.17. The van der Waals surface area contributed by atoms with Crippen molar-refractivity contribution in [3.63, 3.8) is 0 Å². The maximum atomic E-state index is 13.3. The second kappa shape index (κ2) is 6.69. The van der Waals surface area contributed by atoms with Crippen molar-refractivity contribution < 1.29 is 23.0 Å². The summed E-state index contributed by atoms with van der Waals surface area (Å²) in [5.74, 6) is -2.00. The molecule has 6 heteroatoms. The molecule has 0 amide bonds. The molecule has 0 bridgehead atoms. The summed E-state index contributed by atoms with van der Waals surface area (Å²) in [6.07, 6.45) is 0. The van der Waals surface area contributed by atoms with Crippen molar-refractivity contribution in [3.8, 4) is 5.75 Å². The van der Waals surface area contributed by atoms with Gasteiger partial charge in [0.05, 0.1) is 5.56 Å². The molecule has 0 radical (unpaired) electrons. The number of esters is 1. The van der Waals surface area contributed by atoms with E-state index in [1.165, 1.54) is 0 Å². The summed E-state index contributed by atoms with van der Waals surface area (Å²) >= 11 is 0. The Bertz CT molecular complexity index is 629. The third-order valence-electron chi connectivity index (χ3n) is 2.62. The summed E-state index contributed by atoms with van der Waals surface area (Å²) in [6.45, 7) is 0.0541. The Labute approximate surface area is 120 Å². The zero-order valence-corrected chi connectivity index (χ0v) is 11.0. The minimum Gasteiger partial charge on any atom is -0.490 e. The zero-order valence-electron chi connectivity index (χ0n) is 11.0. The highest BCUT2D eigenvalue weighted by molar-refractivity contribution is 5.89. The molecule has 21 heavy (non-hydrogen) atoms. The van der Waals surface area contributed by atoms with Crippen molar-refractivity contribution in [1.29, 1.82) is 0 Å². The lowest BCUT2D eigenvalue weighted by Crippen LogP contribution is -2.13. The highest BCUT2D eigenvalue weighted by atomic mass is 19.1. The van der Waals surface area contributed by atoms with Gasteiger partial charge in [-0.15, -0.1) is 0 Å². The van der Waals surface area contributed by atoms with Crippen molar-refractivity contribution in [3.05, 3.63) is 59.7 Å². The molecule has 4 nitrogen and oxygen atoms in total. The molecular formula is C15H13F2NO3. The van der Waals surface area contributed by atoms with Crippen LogP contribution >= 0.6 is 0 Å². The molecule has 0 unspecified atom stereocenters. The van der Waals surface area contributed by atoms with Gasteiger partial charge in [-0.05, 0) is 36.4 Å². The number of hydrogen-bond donors (Lipinski definition) is 1. The van der Waals surface area contributed by atoms with Gasteiger partial charge in [0, 0.05) is 11.8 Å². The lowest BCUT2D eigenvalue weighted by molar-refractivity contribution is 0.0445. The monoisotopic (exact) mass is 293 g/mol. The number of rotatable bonds is 5. The van der Waals surface area contributed by atoms with Crippen LogP contribution in [0.25, 0.3) is 0 Å². The maximum absolute atomic E-state index is 13.3. The summed E-state index contributed by atoms with van der Waals surface area (Å²) in [5, 5.41) is 0. The summed E-state index contributed by atoms with van der Waals surface area (Å²) in [7, 11) is 0. The minimum absolute atomic E-state index is 0.0555. The van der Waals surface area contributed by atoms with Crippen LogP contribution in [0.2, 0.25) is 0 Å². The van der Waals surface area contributed by atoms with Crippen molar-refractivity contribution in [2.45, 2.75) is 0 Å². The van der Waals surface area contributed by atoms with E-state index in [9.17, 15) is 13.6 Å². The summed E-state index contributed by atoms with van der Waals surface area (Å²) in [4.78, 5) is 11.6. The number of ether oxygens (including phenoxy) is 2. The number of nitrogens with two attached hydrogens (primary N) is 1. The van der Waals surface area contributed by atoms with E-state index in [0.717, 1.165) is 12.1 Å². The van der Waals surface area contributed by atoms with Crippen LogP contribution in [0.15, 0.2) is 42.5 Å². The highest BCUT2D eigenvalue weighted by Crippen LogP contribution is 2.13. The predicted molar refractivity (Wildman–Crippen MR) is 73.0 cm³/mol. The second-order valence-corrected chi connectivity index (χ2v) is 4.18. The van der Waals surface area contributed by atoms with Crippen LogP contribution in [-0.2, 0) is 4.74 Å². The quantitative estimate of drug-likeness (QED) is 0.523. The van der Waals surface area contributed by atoms with E-state index in [0.29, 0.717) is 17.5 Å². The fourth-order valence-corrected chi connectivity index (χ4v) is 1.59. The molecule has 110 valence electrons. The van der Waals surface area contributed by atoms with Gasteiger partial charge in [-0.1, -0.05) is 0 Å². The molecule has 0 aliphatic carbocycles. The Balaban J connectivity index is 1.80. The van der Waals surface area contributed by atoms with Crippen LogP contribution in [0.4, 0.5) is 14.5 Å². The number of benzene rings is 2. The Morgan fingerprint density at radius 1 is 1.05 bits per heavy atom. The van der Waals surface area contributed by atoms with Gasteiger partial charge in [0.2, 0.25) is 0 Å². The molecule has 0 fully saturated rings. The molecule has 0 aromatic heterocycles. The fourth-order valence-electron chi connectivity index (χ4n) is 1.59. The standard InChI is InChI=1S/C15H13F2NO3/c16-10-1-6-13(14(17)9-10)15(19)21-8-7-20-12-4-2-11(18)3-5-12/h1-6,9H,7-8,18H2. The van der Waals surface area contributed by atoms with Crippen LogP contribution in [0, 0.1) is 11.6 Å². The molecule has 0 heterocycles. The van der Waals surface area contributed by atoms with Crippen molar-refractivity contribution in [1.82, 2.24) is 0 Å². The van der Waals surface area contributed by atoms with Crippen molar-refractivity contribution in [2.24, 2.45) is 0 Å². The molecule has 0 aliphatic rings. The maximum Gasteiger partial charge on any atom is 0.341 e. The van der Waals surface area contributed by atoms with Gasteiger partial charge in [0.1, 0.15) is 30.6 Å². The molecule has 2 aromatic rings. The van der Waals surface area contributed by atoms with Gasteiger partial charge >= 0.3 is 5.97 Å². The Kier molecular flexibility index (Phi) is 4.71. The smallest absolute Gasteiger partial charge is 0.341 e. The van der Waals surface area contributed by atoms with E-state index in [4.69, 9.17) is 15.2 Å². The summed E-state index contributed by atoms with van der Waals surface area (Å²) in [5.41, 5.74) is 5.82. The van der Waals surface area contributed by atoms with Crippen LogP contribution in [0.5, 0.6) is 5.75 Å². The fraction of sp³-hybridized carbons (Fsp3) is 0.133. The van der Waals surface area contributed by atoms with E-state index in [-0.39, 0.29) is 18.8 Å². The number of nitrogen functional groups attached to an aromatic ring is 1. The lowest BCUT2D eigenvalue weighted by Gasteiger charge is -2.08. The van der Waals surface area contributed by atoms with Crippen LogP contribution in [-0.4, -0.2) is 19.2 Å². The van der Waals surface area contributed by atoms with Crippen molar-refractivity contribution >= 4 is 11.7 Å². The van der Waals surface area contributed by atoms with Crippen LogP contribution in [0.1, 0.15) is 10.4 Å². The average Bonchev–Trinajstić information content (AvgIpc) is 2.45. The molecule has 0 saturated carbocycles. The van der Waals surface area contributed by atoms with E-state index in [1.807, 2.05) is 0 Å². The van der Waals surface area contributed by atoms with E-state index in [1.54, 1.807) is 24.3 Å². The van der Waals surface area contributed by atoms with Crippen LogP contribution in [0.3, 0.4) is 0 Å². The molecule has 2 N–H and O–H groups in total. The third-order valence-corrected chi connectivity index (χ3v) is 2.62. The number of carbonyl (C=O) groups is 1. The second-order valence-electron chi connectivity index (χ2n) is 4.18. The average molecular weight is 293 g/mol. The number of halogens is 2. The number of anilines is 1. The van der Waals surface area contributed by atoms with Gasteiger partial charge in [-0.25, -0.2) is 13.6 Å². The van der Waals surface area contributed by atoms with Gasteiger partial charge < -0.3 is 15.2 Å². The first-order chi connectivity index (χ1) is 10.1. The highest BCUT2D eigenvalue weighted by Gasteiger charge is 2.13. The molecule has 2 rings (SSSR count). The van der Waals surface area contributed by atoms with E-state index in [2.05, 4.69) is 0 Å². The molecular weight excluding hydrogens is 280 g/mol. The molecule has 0 saturated heterocycles. The van der Waals surface area contributed by atoms with E-state index < -0.39 is 17.6 Å². The van der Waals surface area contributed by atoms with Crippen LogP contribution < -0.4 is 10.5 Å². The van der Waals surface area contributed by atoms with Crippen molar-refractivity contribution in [2.75, 3.05) is 18.9 Å². The first kappa shape index (κ1) is 14.8. The number of hydrogen-bond acceptors (Lipinski definition) is 4. The molecule has 0 aliphatic heterocycles. The SMILES string of the molecule is Nc1ccc(OCCOC(=O)c2ccc(F)cc2F)cc1. The zero-order chi connectivity index (χ0) is 15.2. The largest absolute Gasteiger partial charge is 0.490 e. The molecule has 2 aromatic carbocycles. The lowest BCUT2D eigenvalue weighted by atomic mass is 10.2. The number of carbonyl (C=O) groups excluding carboxylic acids is 1. The summed E-state index contributed by atoms with van der Waals surface area (Å²) in [6, 6.07) is 9.36. The summed E-state index contributed by atoms with van der Waals surface area (Å²) < 4.78 is 36.2. The normalized spacial score (nSPS) is 10.2. The molecule has 0 atom stereocenters. The predicted octanol–water partition coefficient (Wildman–Crippen LogP) is 2.78. The van der Waals surface area contributed by atoms with Gasteiger partial charge in [-0.3, -0.25) is 0 Å². The first-order valence-electron chi connectivity index (χ1n) is 6.17. The molecule has 0 spiro atoms. The Morgan fingerprint density at radius 3 is 2.43 bits per heavy atom. The van der Waals surface area contributed by atoms with Gasteiger partial charge in [0.25, 0.3) is 0 Å². The van der Waals surface area contributed by atoms with E-state index >= 15 is 0 Å². The van der Waals surface area contributed by atoms with Gasteiger partial charge in [-0.2, -0.15) is 0 Å². The third kappa shape index (κ3) is 4.17. The van der Waals surface area contributed by atoms with Gasteiger partial charge in [0.15, 0.2) is 0 Å². The topological polar surface area (TPSA) is 61.6 Å².